The number of nitrogens with one attached hydrogen (secondary N) is 1. The number of hydrogen-bond acceptors (Lipinski definition) is 4. The second-order valence-electron chi connectivity index (χ2n) is 8.19. The van der Waals surface area contributed by atoms with Crippen LogP contribution in [0.1, 0.15) is 31.9 Å². The third-order valence-corrected chi connectivity index (χ3v) is 6.33. The Morgan fingerprint density at radius 1 is 1.09 bits per heavy atom. The monoisotopic (exact) mass is 497 g/mol. The zero-order valence-corrected chi connectivity index (χ0v) is 20.9. The number of nitrogens with zero attached hydrogens (tertiary/aromatic N) is 2. The van der Waals surface area contributed by atoms with Crippen molar-refractivity contribution in [2.24, 2.45) is 0 Å². The van der Waals surface area contributed by atoms with Crippen molar-refractivity contribution in [1.82, 2.24) is 10.2 Å². The number of hydrogen-bond donors (Lipinski definition) is 1. The Morgan fingerprint density at radius 2 is 1.70 bits per heavy atom. The van der Waals surface area contributed by atoms with Crippen LogP contribution in [0.15, 0.2) is 42.5 Å². The fourth-order valence-electron chi connectivity index (χ4n) is 3.27. The van der Waals surface area contributed by atoms with Gasteiger partial charge in [0.15, 0.2) is 0 Å². The summed E-state index contributed by atoms with van der Waals surface area (Å²) in [6.07, 6.45) is 1.01. The summed E-state index contributed by atoms with van der Waals surface area (Å²) in [5.41, 5.74) is 1.50. The van der Waals surface area contributed by atoms with Crippen LogP contribution in [0.25, 0.3) is 0 Å². The summed E-state index contributed by atoms with van der Waals surface area (Å²) >= 11 is 6.00. The van der Waals surface area contributed by atoms with E-state index in [1.807, 2.05) is 0 Å². The zero-order valence-electron chi connectivity index (χ0n) is 19.3. The number of rotatable bonds is 9. The molecule has 0 radical (unpaired) electrons. The van der Waals surface area contributed by atoms with Gasteiger partial charge >= 0.3 is 0 Å². The van der Waals surface area contributed by atoms with Gasteiger partial charge in [-0.05, 0) is 69.2 Å². The molecule has 0 aliphatic heterocycles. The first-order valence-electron chi connectivity index (χ1n) is 10.4. The van der Waals surface area contributed by atoms with Crippen molar-refractivity contribution in [1.29, 1.82) is 0 Å². The molecule has 0 heterocycles. The first kappa shape index (κ1) is 26.6. The third kappa shape index (κ3) is 7.43. The molecule has 7 nitrogen and oxygen atoms in total. The van der Waals surface area contributed by atoms with Crippen LogP contribution in [-0.4, -0.2) is 50.0 Å². The van der Waals surface area contributed by atoms with Crippen molar-refractivity contribution in [3.05, 3.63) is 64.4 Å². The van der Waals surface area contributed by atoms with Crippen molar-refractivity contribution >= 4 is 39.1 Å². The smallest absolute Gasteiger partial charge is 0.244 e. The molecule has 0 saturated heterocycles. The fraction of sp³-hybridized carbons (Fsp3) is 0.391. The van der Waals surface area contributed by atoms with Gasteiger partial charge in [-0.3, -0.25) is 13.9 Å². The fourth-order valence-corrected chi connectivity index (χ4v) is 4.40. The predicted octanol–water partition coefficient (Wildman–Crippen LogP) is 3.50. The van der Waals surface area contributed by atoms with Crippen LogP contribution in [0.3, 0.4) is 0 Å². The normalized spacial score (nSPS) is 12.4. The molecule has 0 spiro atoms. The molecule has 0 bridgehead atoms. The Labute approximate surface area is 199 Å². The predicted molar refractivity (Wildman–Crippen MR) is 128 cm³/mol. The van der Waals surface area contributed by atoms with Gasteiger partial charge in [-0.1, -0.05) is 23.7 Å². The molecule has 1 atom stereocenters. The summed E-state index contributed by atoms with van der Waals surface area (Å²) in [6.45, 7) is 6.35. The van der Waals surface area contributed by atoms with Crippen molar-refractivity contribution in [3.8, 4) is 0 Å². The van der Waals surface area contributed by atoms with Gasteiger partial charge < -0.3 is 10.2 Å². The average molecular weight is 498 g/mol. The van der Waals surface area contributed by atoms with Gasteiger partial charge in [-0.2, -0.15) is 0 Å². The van der Waals surface area contributed by atoms with E-state index >= 15 is 0 Å². The average Bonchev–Trinajstić information content (AvgIpc) is 2.70. The minimum atomic E-state index is -3.83. The highest BCUT2D eigenvalue weighted by Gasteiger charge is 2.30. The number of sulfonamides is 1. The van der Waals surface area contributed by atoms with Gasteiger partial charge in [0, 0.05) is 17.6 Å². The lowest BCUT2D eigenvalue weighted by Crippen LogP contribution is -2.52. The summed E-state index contributed by atoms with van der Waals surface area (Å²) in [7, 11) is -3.83. The van der Waals surface area contributed by atoms with Crippen LogP contribution in [0.4, 0.5) is 10.1 Å². The maximum absolute atomic E-state index is 13.4. The van der Waals surface area contributed by atoms with Gasteiger partial charge in [0.1, 0.15) is 18.4 Å². The Bertz CT molecular complexity index is 1110. The molecule has 1 N–H and O–H groups in total. The van der Waals surface area contributed by atoms with E-state index in [-0.39, 0.29) is 18.5 Å². The first-order chi connectivity index (χ1) is 15.3. The minimum absolute atomic E-state index is 0.00297. The van der Waals surface area contributed by atoms with E-state index in [1.165, 1.54) is 35.2 Å². The molecule has 33 heavy (non-hydrogen) atoms. The number of amides is 2. The van der Waals surface area contributed by atoms with Gasteiger partial charge in [0.2, 0.25) is 21.8 Å². The SMILES string of the molecule is Cc1cc(Cl)ccc1N(CC(=O)N(Cc1ccc(F)cc1)C(C)C(=O)NC(C)C)S(C)(=O)=O. The number of benzene rings is 2. The first-order valence-corrected chi connectivity index (χ1v) is 12.6. The van der Waals surface area contributed by atoms with Crippen LogP contribution in [0, 0.1) is 12.7 Å². The van der Waals surface area contributed by atoms with Crippen molar-refractivity contribution in [3.63, 3.8) is 0 Å². The van der Waals surface area contributed by atoms with Crippen LogP contribution < -0.4 is 9.62 Å². The van der Waals surface area contributed by atoms with E-state index < -0.39 is 34.3 Å². The molecule has 10 heteroatoms. The molecule has 0 aromatic heterocycles. The third-order valence-electron chi connectivity index (χ3n) is 4.97. The molecular formula is C23H29ClFN3O4S. The van der Waals surface area contributed by atoms with Crippen LogP contribution in [-0.2, 0) is 26.2 Å². The number of halogens is 2. The summed E-state index contributed by atoms with van der Waals surface area (Å²) in [5, 5.41) is 3.20. The summed E-state index contributed by atoms with van der Waals surface area (Å²) in [4.78, 5) is 27.4. The second-order valence-corrected chi connectivity index (χ2v) is 10.5. The van der Waals surface area contributed by atoms with Crippen LogP contribution >= 0.6 is 11.6 Å². The van der Waals surface area contributed by atoms with E-state index in [2.05, 4.69) is 5.32 Å². The van der Waals surface area contributed by atoms with Gasteiger partial charge in [-0.25, -0.2) is 12.8 Å². The largest absolute Gasteiger partial charge is 0.352 e. The molecule has 2 aromatic rings. The highest BCUT2D eigenvalue weighted by atomic mass is 35.5. The topological polar surface area (TPSA) is 86.8 Å². The molecule has 2 rings (SSSR count). The summed E-state index contributed by atoms with van der Waals surface area (Å²) < 4.78 is 39.5. The maximum Gasteiger partial charge on any atom is 0.244 e. The molecule has 2 amide bonds. The molecule has 1 unspecified atom stereocenters. The summed E-state index contributed by atoms with van der Waals surface area (Å²) in [6, 6.07) is 9.19. The molecule has 2 aromatic carbocycles. The van der Waals surface area contributed by atoms with E-state index in [1.54, 1.807) is 39.8 Å². The Balaban J connectivity index is 2.41. The number of carbonyl (C=O) groups excluding carboxylic acids is 2. The minimum Gasteiger partial charge on any atom is -0.352 e. The quantitative estimate of drug-likeness (QED) is 0.574. The standard InChI is InChI=1S/C23H29ClFN3O4S/c1-15(2)26-23(30)17(4)27(13-18-6-9-20(25)10-7-18)22(29)14-28(33(5,31)32)21-11-8-19(24)12-16(21)3/h6-12,15,17H,13-14H2,1-5H3,(H,26,30). The molecular weight excluding hydrogens is 469 g/mol. The molecule has 0 saturated carbocycles. The number of carbonyl (C=O) groups is 2. The van der Waals surface area contributed by atoms with Gasteiger partial charge in [0.05, 0.1) is 11.9 Å². The molecule has 0 aliphatic rings. The zero-order chi connectivity index (χ0) is 24.9. The lowest BCUT2D eigenvalue weighted by atomic mass is 10.1. The van der Waals surface area contributed by atoms with Gasteiger partial charge in [-0.15, -0.1) is 0 Å². The van der Waals surface area contributed by atoms with E-state index in [0.717, 1.165) is 10.6 Å². The Morgan fingerprint density at radius 3 is 2.21 bits per heavy atom. The maximum atomic E-state index is 13.4. The highest BCUT2D eigenvalue weighted by molar-refractivity contribution is 7.92. The van der Waals surface area contributed by atoms with E-state index in [9.17, 15) is 22.4 Å². The van der Waals surface area contributed by atoms with Crippen molar-refractivity contribution < 1.29 is 22.4 Å². The van der Waals surface area contributed by atoms with Crippen molar-refractivity contribution in [2.75, 3.05) is 17.1 Å². The molecule has 180 valence electrons. The number of anilines is 1. The van der Waals surface area contributed by atoms with Crippen LogP contribution in [0.2, 0.25) is 5.02 Å². The number of aryl methyl sites for hydroxylation is 1. The van der Waals surface area contributed by atoms with E-state index in [0.29, 0.717) is 21.8 Å². The summed E-state index contributed by atoms with van der Waals surface area (Å²) in [5.74, 6) is -1.39. The van der Waals surface area contributed by atoms with Crippen molar-refractivity contribution in [2.45, 2.75) is 46.3 Å². The van der Waals surface area contributed by atoms with Gasteiger partial charge in [0.25, 0.3) is 0 Å². The Hall–Kier alpha value is -2.65. The molecule has 0 fully saturated rings. The molecule has 0 aliphatic carbocycles. The second kappa shape index (κ2) is 11.0. The van der Waals surface area contributed by atoms with E-state index in [4.69, 9.17) is 11.6 Å². The lowest BCUT2D eigenvalue weighted by Gasteiger charge is -2.32. The highest BCUT2D eigenvalue weighted by Crippen LogP contribution is 2.26. The van der Waals surface area contributed by atoms with Crippen LogP contribution in [0.5, 0.6) is 0 Å². The Kier molecular flexibility index (Phi) is 8.85. The lowest BCUT2D eigenvalue weighted by molar-refractivity contribution is -0.139.